The van der Waals surface area contributed by atoms with Crippen LogP contribution in [0.5, 0.6) is 0 Å². The van der Waals surface area contributed by atoms with Crippen LogP contribution < -0.4 is 5.32 Å². The average Bonchev–Trinajstić information content (AvgIpc) is 2.70. The van der Waals surface area contributed by atoms with E-state index in [9.17, 15) is 10.1 Å². The van der Waals surface area contributed by atoms with Gasteiger partial charge in [0.25, 0.3) is 0 Å². The lowest BCUT2D eigenvalue weighted by Crippen LogP contribution is -2.03. The van der Waals surface area contributed by atoms with Gasteiger partial charge in [-0.25, -0.2) is 9.97 Å². The molecule has 0 saturated heterocycles. The molecule has 0 bridgehead atoms. The molecule has 0 radical (unpaired) electrons. The van der Waals surface area contributed by atoms with Gasteiger partial charge in [0.15, 0.2) is 5.03 Å². The smallest absolute Gasteiger partial charge is 0.334 e. The molecule has 0 unspecified atom stereocenters. The Balaban J connectivity index is 1.74. The molecular formula is C19H12ClN5O2S. The van der Waals surface area contributed by atoms with Crippen molar-refractivity contribution in [2.75, 3.05) is 5.32 Å². The van der Waals surface area contributed by atoms with Crippen molar-refractivity contribution in [1.82, 2.24) is 15.0 Å². The van der Waals surface area contributed by atoms with E-state index in [2.05, 4.69) is 20.3 Å². The first kappa shape index (κ1) is 18.1. The number of pyridine rings is 1. The minimum absolute atomic E-state index is 0.118. The number of aromatic nitrogens is 3. The molecule has 2 heterocycles. The zero-order valence-corrected chi connectivity index (χ0v) is 15.8. The van der Waals surface area contributed by atoms with E-state index in [4.69, 9.17) is 11.6 Å². The van der Waals surface area contributed by atoms with Gasteiger partial charge in [0.2, 0.25) is 5.82 Å². The number of nitrogens with zero attached hydrogens (tertiary/aromatic N) is 4. The van der Waals surface area contributed by atoms with Crippen LogP contribution in [0.2, 0.25) is 5.02 Å². The SMILES string of the molecule is O=[N+]([O-])c1c(Nc2cccc3ncccc23)ncnc1Sc1ccc(Cl)cc1. The predicted octanol–water partition coefficient (Wildman–Crippen LogP) is 5.48. The number of anilines is 2. The Morgan fingerprint density at radius 2 is 1.82 bits per heavy atom. The van der Waals surface area contributed by atoms with Crippen LogP contribution in [0, 0.1) is 10.1 Å². The van der Waals surface area contributed by atoms with Crippen LogP contribution in [0.15, 0.2) is 77.0 Å². The molecule has 28 heavy (non-hydrogen) atoms. The molecular weight excluding hydrogens is 398 g/mol. The number of hydrogen-bond acceptors (Lipinski definition) is 7. The maximum atomic E-state index is 11.8. The van der Waals surface area contributed by atoms with Crippen LogP contribution in [0.1, 0.15) is 0 Å². The van der Waals surface area contributed by atoms with Gasteiger partial charge in [0, 0.05) is 27.2 Å². The second-order valence-corrected chi connectivity index (χ2v) is 7.19. The zero-order valence-electron chi connectivity index (χ0n) is 14.2. The van der Waals surface area contributed by atoms with Crippen molar-refractivity contribution in [1.29, 1.82) is 0 Å². The van der Waals surface area contributed by atoms with Crippen molar-refractivity contribution < 1.29 is 4.92 Å². The fourth-order valence-corrected chi connectivity index (χ4v) is 3.64. The molecule has 0 aliphatic rings. The van der Waals surface area contributed by atoms with E-state index in [0.29, 0.717) is 10.7 Å². The summed E-state index contributed by atoms with van der Waals surface area (Å²) in [6.07, 6.45) is 3.00. The van der Waals surface area contributed by atoms with Gasteiger partial charge in [-0.05, 0) is 48.5 Å². The summed E-state index contributed by atoms with van der Waals surface area (Å²) >= 11 is 7.08. The normalized spacial score (nSPS) is 10.8. The Morgan fingerprint density at radius 1 is 1.00 bits per heavy atom. The number of nitro groups is 1. The van der Waals surface area contributed by atoms with Gasteiger partial charge >= 0.3 is 5.69 Å². The van der Waals surface area contributed by atoms with Gasteiger partial charge in [-0.15, -0.1) is 0 Å². The molecule has 4 rings (SSSR count). The number of fused-ring (bicyclic) bond motifs is 1. The van der Waals surface area contributed by atoms with Gasteiger partial charge in [-0.1, -0.05) is 29.4 Å². The molecule has 0 atom stereocenters. The molecule has 2 aromatic heterocycles. The van der Waals surface area contributed by atoms with Crippen LogP contribution in [-0.4, -0.2) is 19.9 Å². The van der Waals surface area contributed by atoms with Gasteiger partial charge in [0.05, 0.1) is 10.4 Å². The highest BCUT2D eigenvalue weighted by atomic mass is 35.5. The Hall–Kier alpha value is -3.23. The minimum Gasteiger partial charge on any atom is -0.334 e. The van der Waals surface area contributed by atoms with Crippen molar-refractivity contribution in [2.45, 2.75) is 9.92 Å². The Morgan fingerprint density at radius 3 is 2.61 bits per heavy atom. The standard InChI is InChI=1S/C19H12ClN5O2S/c20-12-6-8-13(9-7-12)28-19-17(25(26)27)18(22-11-23-19)24-16-5-1-4-15-14(16)3-2-10-21-15/h1-11H,(H,22,23,24). The fourth-order valence-electron chi connectivity index (χ4n) is 2.65. The van der Waals surface area contributed by atoms with E-state index < -0.39 is 4.92 Å². The third-order valence-electron chi connectivity index (χ3n) is 3.90. The van der Waals surface area contributed by atoms with E-state index in [1.54, 1.807) is 30.5 Å². The van der Waals surface area contributed by atoms with E-state index >= 15 is 0 Å². The second-order valence-electron chi connectivity index (χ2n) is 5.69. The molecule has 0 fully saturated rings. The summed E-state index contributed by atoms with van der Waals surface area (Å²) in [5.74, 6) is 0.118. The fraction of sp³-hybridized carbons (Fsp3) is 0. The van der Waals surface area contributed by atoms with Crippen molar-refractivity contribution in [3.8, 4) is 0 Å². The second kappa shape index (κ2) is 7.79. The van der Waals surface area contributed by atoms with Gasteiger partial charge in [-0.3, -0.25) is 15.1 Å². The highest BCUT2D eigenvalue weighted by Crippen LogP contribution is 2.38. The summed E-state index contributed by atoms with van der Waals surface area (Å²) in [5, 5.41) is 16.5. The lowest BCUT2D eigenvalue weighted by atomic mass is 10.2. The first-order valence-electron chi connectivity index (χ1n) is 8.15. The quantitative estimate of drug-likeness (QED) is 0.265. The predicted molar refractivity (Wildman–Crippen MR) is 109 cm³/mol. The van der Waals surface area contributed by atoms with Crippen molar-refractivity contribution >= 4 is 51.5 Å². The summed E-state index contributed by atoms with van der Waals surface area (Å²) in [6.45, 7) is 0. The van der Waals surface area contributed by atoms with E-state index in [-0.39, 0.29) is 16.5 Å². The number of nitrogens with one attached hydrogen (secondary N) is 1. The van der Waals surface area contributed by atoms with Crippen molar-refractivity contribution in [2.24, 2.45) is 0 Å². The lowest BCUT2D eigenvalue weighted by molar-refractivity contribution is -0.387. The zero-order chi connectivity index (χ0) is 19.5. The first-order valence-corrected chi connectivity index (χ1v) is 9.35. The molecule has 2 aromatic carbocycles. The van der Waals surface area contributed by atoms with Crippen molar-refractivity contribution in [3.05, 3.63) is 82.3 Å². The molecule has 0 aliphatic heterocycles. The molecule has 138 valence electrons. The first-order chi connectivity index (χ1) is 13.6. The Kier molecular flexibility index (Phi) is 5.05. The van der Waals surface area contributed by atoms with Crippen LogP contribution >= 0.6 is 23.4 Å². The number of halogens is 1. The largest absolute Gasteiger partial charge is 0.343 e. The van der Waals surface area contributed by atoms with Crippen LogP contribution in [0.3, 0.4) is 0 Å². The molecule has 1 N–H and O–H groups in total. The van der Waals surface area contributed by atoms with Gasteiger partial charge < -0.3 is 5.32 Å². The Bertz CT molecular complexity index is 1170. The number of rotatable bonds is 5. The molecule has 0 spiro atoms. The molecule has 9 heteroatoms. The molecule has 0 amide bonds. The van der Waals surface area contributed by atoms with Crippen LogP contribution in [0.4, 0.5) is 17.2 Å². The summed E-state index contributed by atoms with van der Waals surface area (Å²) < 4.78 is 0. The third kappa shape index (κ3) is 3.73. The molecule has 7 nitrogen and oxygen atoms in total. The van der Waals surface area contributed by atoms with Gasteiger partial charge in [0.1, 0.15) is 6.33 Å². The molecule has 4 aromatic rings. The van der Waals surface area contributed by atoms with E-state index in [1.807, 2.05) is 30.3 Å². The highest BCUT2D eigenvalue weighted by Gasteiger charge is 2.24. The highest BCUT2D eigenvalue weighted by molar-refractivity contribution is 7.99. The monoisotopic (exact) mass is 409 g/mol. The number of benzene rings is 2. The summed E-state index contributed by atoms with van der Waals surface area (Å²) in [6, 6.07) is 16.2. The minimum atomic E-state index is -0.482. The summed E-state index contributed by atoms with van der Waals surface area (Å²) in [4.78, 5) is 24.6. The number of hydrogen-bond donors (Lipinski definition) is 1. The topological polar surface area (TPSA) is 93.8 Å². The third-order valence-corrected chi connectivity index (χ3v) is 5.15. The molecule has 0 aliphatic carbocycles. The summed E-state index contributed by atoms with van der Waals surface area (Å²) in [7, 11) is 0. The van der Waals surface area contributed by atoms with Gasteiger partial charge in [-0.2, -0.15) is 0 Å². The van der Waals surface area contributed by atoms with Crippen LogP contribution in [0.25, 0.3) is 10.9 Å². The van der Waals surface area contributed by atoms with E-state index in [1.165, 1.54) is 18.1 Å². The lowest BCUT2D eigenvalue weighted by Gasteiger charge is -2.10. The maximum absolute atomic E-state index is 11.8. The Labute approximate surface area is 169 Å². The average molecular weight is 410 g/mol. The maximum Gasteiger partial charge on any atom is 0.343 e. The molecule has 0 saturated carbocycles. The van der Waals surface area contributed by atoms with Crippen molar-refractivity contribution in [3.63, 3.8) is 0 Å². The summed E-state index contributed by atoms with van der Waals surface area (Å²) in [5.41, 5.74) is 1.26. The van der Waals surface area contributed by atoms with E-state index in [0.717, 1.165) is 15.8 Å². The van der Waals surface area contributed by atoms with Crippen LogP contribution in [-0.2, 0) is 0 Å².